The molecule has 1 heterocycles. The SMILES string of the molecule is COc1ccccc1.O=C1N[C@H](c2cccc(C#CSI)c2)CO1. The molecule has 1 atom stereocenters. The predicted octanol–water partition coefficient (Wildman–Crippen LogP) is 4.55. The highest BCUT2D eigenvalue weighted by atomic mass is 127. The first-order valence-electron chi connectivity index (χ1n) is 7.14. The van der Waals surface area contributed by atoms with E-state index in [2.05, 4.69) is 37.7 Å². The van der Waals surface area contributed by atoms with E-state index in [1.807, 2.05) is 54.6 Å². The minimum absolute atomic E-state index is 0.0542. The van der Waals surface area contributed by atoms with Crippen LogP contribution in [0.4, 0.5) is 4.79 Å². The van der Waals surface area contributed by atoms with Gasteiger partial charge in [0.2, 0.25) is 0 Å². The number of ether oxygens (including phenoxy) is 2. The van der Waals surface area contributed by atoms with Crippen LogP contribution in [0.5, 0.6) is 5.75 Å². The molecule has 4 nitrogen and oxygen atoms in total. The highest BCUT2D eigenvalue weighted by molar-refractivity contribution is 14.2. The smallest absolute Gasteiger partial charge is 0.407 e. The van der Waals surface area contributed by atoms with Crippen molar-refractivity contribution in [3.8, 4) is 16.9 Å². The standard InChI is InChI=1S/C11H8INO2S.C7H8O/c12-16-5-4-8-2-1-3-9(6-8)10-7-15-11(14)13-10;1-8-7-5-3-2-4-6-7/h1-3,6,10H,7H2,(H,13,14);2-6H,1H3/t10-;/m0./s1. The minimum atomic E-state index is -0.357. The molecular weight excluding hydrogens is 437 g/mol. The van der Waals surface area contributed by atoms with Crippen LogP contribution in [0, 0.1) is 11.2 Å². The van der Waals surface area contributed by atoms with Crippen LogP contribution < -0.4 is 10.1 Å². The van der Waals surface area contributed by atoms with Crippen molar-refractivity contribution in [3.63, 3.8) is 0 Å². The van der Waals surface area contributed by atoms with E-state index in [1.165, 1.54) is 8.93 Å². The Hall–Kier alpha value is -1.85. The van der Waals surface area contributed by atoms with Crippen molar-refractivity contribution in [2.75, 3.05) is 13.7 Å². The van der Waals surface area contributed by atoms with Crippen LogP contribution >= 0.6 is 30.1 Å². The van der Waals surface area contributed by atoms with E-state index in [9.17, 15) is 4.79 Å². The van der Waals surface area contributed by atoms with Crippen molar-refractivity contribution in [1.29, 1.82) is 0 Å². The average molecular weight is 453 g/mol. The zero-order chi connectivity index (χ0) is 17.2. The lowest BCUT2D eigenvalue weighted by molar-refractivity contribution is 0.177. The summed E-state index contributed by atoms with van der Waals surface area (Å²) in [6.07, 6.45) is -0.357. The fourth-order valence-electron chi connectivity index (χ4n) is 2.03. The second-order valence-corrected chi connectivity index (χ2v) is 6.42. The topological polar surface area (TPSA) is 47.6 Å². The first-order valence-corrected chi connectivity index (χ1v) is 10.5. The molecule has 1 N–H and O–H groups in total. The molecule has 0 aromatic heterocycles. The third-order valence-corrected chi connectivity index (χ3v) is 4.01. The number of alkyl carbamates (subject to hydrolysis) is 1. The molecule has 2 aromatic rings. The Morgan fingerprint density at radius 2 is 2.04 bits per heavy atom. The molecule has 0 unspecified atom stereocenters. The largest absolute Gasteiger partial charge is 0.497 e. The van der Waals surface area contributed by atoms with Crippen molar-refractivity contribution < 1.29 is 14.3 Å². The Labute approximate surface area is 157 Å². The van der Waals surface area contributed by atoms with E-state index in [-0.39, 0.29) is 12.1 Å². The summed E-state index contributed by atoms with van der Waals surface area (Å²) in [5.74, 6) is 3.93. The fourth-order valence-corrected chi connectivity index (χ4v) is 2.52. The Balaban J connectivity index is 0.000000219. The quantitative estimate of drug-likeness (QED) is 0.536. The van der Waals surface area contributed by atoms with Gasteiger partial charge in [0.05, 0.1) is 13.2 Å². The zero-order valence-electron chi connectivity index (χ0n) is 13.0. The molecule has 124 valence electrons. The van der Waals surface area contributed by atoms with E-state index < -0.39 is 0 Å². The molecule has 1 amide bonds. The molecule has 2 aromatic carbocycles. The summed E-state index contributed by atoms with van der Waals surface area (Å²) < 4.78 is 9.76. The first-order chi connectivity index (χ1) is 11.7. The van der Waals surface area contributed by atoms with Crippen LogP contribution in [0.1, 0.15) is 17.2 Å². The molecule has 1 aliphatic heterocycles. The van der Waals surface area contributed by atoms with Gasteiger partial charge in [-0.2, -0.15) is 0 Å². The average Bonchev–Trinajstić information content (AvgIpc) is 3.08. The van der Waals surface area contributed by atoms with Gasteiger partial charge < -0.3 is 14.8 Å². The first kappa shape index (κ1) is 18.5. The fraction of sp³-hybridized carbons (Fsp3) is 0.167. The second-order valence-electron chi connectivity index (χ2n) is 4.74. The highest BCUT2D eigenvalue weighted by Crippen LogP contribution is 2.19. The third-order valence-electron chi connectivity index (χ3n) is 3.18. The van der Waals surface area contributed by atoms with Crippen molar-refractivity contribution in [3.05, 3.63) is 65.7 Å². The lowest BCUT2D eigenvalue weighted by Crippen LogP contribution is -2.18. The molecule has 1 fully saturated rings. The van der Waals surface area contributed by atoms with Gasteiger partial charge in [-0.1, -0.05) is 36.3 Å². The van der Waals surface area contributed by atoms with E-state index in [0.29, 0.717) is 6.61 Å². The molecule has 0 bridgehead atoms. The third kappa shape index (κ3) is 5.98. The molecule has 0 aliphatic carbocycles. The van der Waals surface area contributed by atoms with Crippen molar-refractivity contribution in [2.24, 2.45) is 0 Å². The molecule has 0 radical (unpaired) electrons. The molecule has 0 saturated carbocycles. The number of para-hydroxylation sites is 1. The zero-order valence-corrected chi connectivity index (χ0v) is 16.0. The van der Waals surface area contributed by atoms with Gasteiger partial charge in [0.15, 0.2) is 0 Å². The Morgan fingerprint density at radius 1 is 1.25 bits per heavy atom. The molecular formula is C18H16INO3S. The number of benzene rings is 2. The highest BCUT2D eigenvalue weighted by Gasteiger charge is 2.23. The molecule has 6 heteroatoms. The Kier molecular flexibility index (Phi) is 7.79. The van der Waals surface area contributed by atoms with Gasteiger partial charge in [-0.05, 0) is 44.0 Å². The van der Waals surface area contributed by atoms with Crippen LogP contribution in [-0.4, -0.2) is 19.8 Å². The normalized spacial score (nSPS) is 15.1. The van der Waals surface area contributed by atoms with Crippen LogP contribution in [0.25, 0.3) is 0 Å². The maximum Gasteiger partial charge on any atom is 0.407 e. The predicted molar refractivity (Wildman–Crippen MR) is 105 cm³/mol. The van der Waals surface area contributed by atoms with Gasteiger partial charge in [0, 0.05) is 26.8 Å². The summed E-state index contributed by atoms with van der Waals surface area (Å²) in [6, 6.07) is 17.4. The number of rotatable bonds is 2. The van der Waals surface area contributed by atoms with Gasteiger partial charge in [-0.3, -0.25) is 0 Å². The van der Waals surface area contributed by atoms with Gasteiger partial charge in [-0.15, -0.1) is 0 Å². The van der Waals surface area contributed by atoms with Gasteiger partial charge in [-0.25, -0.2) is 4.79 Å². The summed E-state index contributed by atoms with van der Waals surface area (Å²) in [5.41, 5.74) is 1.97. The van der Waals surface area contributed by atoms with E-state index >= 15 is 0 Å². The number of carbonyl (C=O) groups is 1. The second kappa shape index (κ2) is 10.1. The monoisotopic (exact) mass is 453 g/mol. The van der Waals surface area contributed by atoms with Crippen molar-refractivity contribution in [1.82, 2.24) is 5.32 Å². The van der Waals surface area contributed by atoms with E-state index in [1.54, 1.807) is 7.11 Å². The lowest BCUT2D eigenvalue weighted by atomic mass is 10.1. The summed E-state index contributed by atoms with van der Waals surface area (Å²) in [6.45, 7) is 0.386. The molecule has 1 aliphatic rings. The number of carbonyl (C=O) groups excluding carboxylic acids is 1. The van der Waals surface area contributed by atoms with Gasteiger partial charge in [0.25, 0.3) is 0 Å². The van der Waals surface area contributed by atoms with Crippen LogP contribution in [0.3, 0.4) is 0 Å². The van der Waals surface area contributed by atoms with Crippen LogP contribution in [-0.2, 0) is 4.74 Å². The number of nitrogens with one attached hydrogen (secondary N) is 1. The number of cyclic esters (lactones) is 1. The summed E-state index contributed by atoms with van der Waals surface area (Å²) in [7, 11) is 3.11. The number of halogens is 1. The van der Waals surface area contributed by atoms with Crippen molar-refractivity contribution in [2.45, 2.75) is 6.04 Å². The molecule has 1 saturated heterocycles. The summed E-state index contributed by atoms with van der Waals surface area (Å²) >= 11 is 2.13. The molecule has 24 heavy (non-hydrogen) atoms. The van der Waals surface area contributed by atoms with E-state index in [0.717, 1.165) is 16.9 Å². The van der Waals surface area contributed by atoms with Crippen LogP contribution in [0.2, 0.25) is 0 Å². The molecule has 3 rings (SSSR count). The summed E-state index contributed by atoms with van der Waals surface area (Å²) in [4.78, 5) is 10.9. The maximum absolute atomic E-state index is 10.9. The Bertz CT molecular complexity index is 728. The number of methoxy groups -OCH3 is 1. The van der Waals surface area contributed by atoms with E-state index in [4.69, 9.17) is 9.47 Å². The Morgan fingerprint density at radius 3 is 2.62 bits per heavy atom. The number of hydrogen-bond donors (Lipinski definition) is 1. The number of amides is 1. The summed E-state index contributed by atoms with van der Waals surface area (Å²) in [5, 5.41) is 5.66. The van der Waals surface area contributed by atoms with Gasteiger partial charge in [0.1, 0.15) is 12.4 Å². The van der Waals surface area contributed by atoms with Crippen molar-refractivity contribution >= 4 is 36.2 Å². The number of hydrogen-bond acceptors (Lipinski definition) is 4. The maximum atomic E-state index is 10.9. The molecule has 0 spiro atoms. The lowest BCUT2D eigenvalue weighted by Gasteiger charge is -2.07. The van der Waals surface area contributed by atoms with Gasteiger partial charge >= 0.3 is 6.09 Å². The minimum Gasteiger partial charge on any atom is -0.497 e. The van der Waals surface area contributed by atoms with Crippen LogP contribution in [0.15, 0.2) is 54.6 Å².